The summed E-state index contributed by atoms with van der Waals surface area (Å²) in [4.78, 5) is 16.3. The number of carbonyl (C=O) groups is 1. The van der Waals surface area contributed by atoms with E-state index in [0.29, 0.717) is 25.0 Å². The highest BCUT2D eigenvalue weighted by Gasteiger charge is 2.15. The quantitative estimate of drug-likeness (QED) is 0.445. The molecule has 1 fully saturated rings. The number of carbonyl (C=O) groups excluding carboxylic acids is 1. The summed E-state index contributed by atoms with van der Waals surface area (Å²) in [7, 11) is 4.99. The van der Waals surface area contributed by atoms with Gasteiger partial charge in [-0.15, -0.1) is 0 Å². The van der Waals surface area contributed by atoms with Crippen LogP contribution in [0.25, 0.3) is 0 Å². The van der Waals surface area contributed by atoms with E-state index in [9.17, 15) is 4.79 Å². The van der Waals surface area contributed by atoms with Gasteiger partial charge in [-0.25, -0.2) is 0 Å². The zero-order valence-electron chi connectivity index (χ0n) is 17.3. The van der Waals surface area contributed by atoms with Crippen LogP contribution in [0.5, 0.6) is 11.5 Å². The van der Waals surface area contributed by atoms with Gasteiger partial charge in [0.15, 0.2) is 17.5 Å². The molecule has 1 aliphatic carbocycles. The molecule has 0 heterocycles. The first-order chi connectivity index (χ1) is 13.7. The lowest BCUT2D eigenvalue weighted by Gasteiger charge is -2.22. The number of nitrogens with one attached hydrogen (secondary N) is 3. The second-order valence-corrected chi connectivity index (χ2v) is 7.02. The summed E-state index contributed by atoms with van der Waals surface area (Å²) in [5, 5.41) is 9.61. The number of rotatable bonds is 9. The number of methoxy groups -OCH3 is 2. The van der Waals surface area contributed by atoms with Crippen molar-refractivity contribution in [3.63, 3.8) is 0 Å². The van der Waals surface area contributed by atoms with Gasteiger partial charge in [-0.2, -0.15) is 0 Å². The van der Waals surface area contributed by atoms with Gasteiger partial charge in [0, 0.05) is 32.6 Å². The van der Waals surface area contributed by atoms with Crippen LogP contribution in [-0.4, -0.2) is 52.3 Å². The van der Waals surface area contributed by atoms with Gasteiger partial charge in [0.1, 0.15) is 0 Å². The predicted octanol–water partition coefficient (Wildman–Crippen LogP) is 2.25. The predicted molar refractivity (Wildman–Crippen MR) is 112 cm³/mol. The molecule has 0 aliphatic heterocycles. The minimum Gasteiger partial charge on any atom is -0.493 e. The largest absolute Gasteiger partial charge is 0.493 e. The summed E-state index contributed by atoms with van der Waals surface area (Å²) in [6, 6.07) is 6.27. The van der Waals surface area contributed by atoms with Gasteiger partial charge >= 0.3 is 0 Å². The Labute approximate surface area is 168 Å². The molecular weight excluding hydrogens is 356 g/mol. The van der Waals surface area contributed by atoms with Crippen molar-refractivity contribution in [1.82, 2.24) is 16.0 Å². The molecular formula is C21H34N4O3. The molecule has 1 aliphatic rings. The standard InChI is InChI=1S/C21H34N4O3/c1-22-21(24-14-12-20(26)25-17-7-5-4-6-8-17)23-13-11-16-9-10-18(27-2)19(15-16)28-3/h9-10,15,17H,4-8,11-14H2,1-3H3,(H,25,26)(H2,22,23,24). The van der Waals surface area contributed by atoms with Gasteiger partial charge in [0.2, 0.25) is 5.91 Å². The average molecular weight is 391 g/mol. The van der Waals surface area contributed by atoms with Crippen molar-refractivity contribution in [2.24, 2.45) is 4.99 Å². The average Bonchev–Trinajstić information content (AvgIpc) is 2.73. The number of guanidine groups is 1. The van der Waals surface area contributed by atoms with Crippen LogP contribution in [0.15, 0.2) is 23.2 Å². The Kier molecular flexibility index (Phi) is 9.45. The first-order valence-corrected chi connectivity index (χ1v) is 10.1. The summed E-state index contributed by atoms with van der Waals surface area (Å²) in [5.41, 5.74) is 1.15. The molecule has 2 rings (SSSR count). The lowest BCUT2D eigenvalue weighted by Crippen LogP contribution is -2.41. The highest BCUT2D eigenvalue weighted by Crippen LogP contribution is 2.27. The normalized spacial score (nSPS) is 15.0. The fourth-order valence-corrected chi connectivity index (χ4v) is 3.42. The molecule has 28 heavy (non-hydrogen) atoms. The number of hydrogen-bond donors (Lipinski definition) is 3. The van der Waals surface area contributed by atoms with E-state index in [-0.39, 0.29) is 5.91 Å². The zero-order chi connectivity index (χ0) is 20.2. The van der Waals surface area contributed by atoms with E-state index in [1.165, 1.54) is 19.3 Å². The van der Waals surface area contributed by atoms with Crippen molar-refractivity contribution in [1.29, 1.82) is 0 Å². The highest BCUT2D eigenvalue weighted by atomic mass is 16.5. The van der Waals surface area contributed by atoms with Crippen LogP contribution < -0.4 is 25.4 Å². The number of aliphatic imine (C=N–C) groups is 1. The van der Waals surface area contributed by atoms with E-state index in [1.54, 1.807) is 21.3 Å². The number of hydrogen-bond acceptors (Lipinski definition) is 4. The Bertz CT molecular complexity index is 643. The second-order valence-electron chi connectivity index (χ2n) is 7.02. The Morgan fingerprint density at radius 1 is 1.07 bits per heavy atom. The number of benzene rings is 1. The van der Waals surface area contributed by atoms with E-state index < -0.39 is 0 Å². The van der Waals surface area contributed by atoms with Gasteiger partial charge in [-0.1, -0.05) is 25.3 Å². The maximum Gasteiger partial charge on any atom is 0.221 e. The molecule has 7 heteroatoms. The van der Waals surface area contributed by atoms with Crippen molar-refractivity contribution >= 4 is 11.9 Å². The van der Waals surface area contributed by atoms with Crippen LogP contribution in [0.2, 0.25) is 0 Å². The number of nitrogens with zero attached hydrogens (tertiary/aromatic N) is 1. The third-order valence-electron chi connectivity index (χ3n) is 4.99. The third kappa shape index (κ3) is 7.29. The van der Waals surface area contributed by atoms with Gasteiger partial charge < -0.3 is 25.4 Å². The van der Waals surface area contributed by atoms with Crippen LogP contribution in [-0.2, 0) is 11.2 Å². The number of ether oxygens (including phenoxy) is 2. The molecule has 1 aromatic carbocycles. The molecule has 0 aromatic heterocycles. The summed E-state index contributed by atoms with van der Waals surface area (Å²) in [6.07, 6.45) is 7.23. The van der Waals surface area contributed by atoms with Gasteiger partial charge in [-0.05, 0) is 37.0 Å². The van der Waals surface area contributed by atoms with Crippen molar-refractivity contribution in [3.8, 4) is 11.5 Å². The minimum absolute atomic E-state index is 0.111. The number of amides is 1. The molecule has 1 saturated carbocycles. The molecule has 0 saturated heterocycles. The summed E-state index contributed by atoms with van der Waals surface area (Å²) >= 11 is 0. The molecule has 0 bridgehead atoms. The molecule has 0 spiro atoms. The third-order valence-corrected chi connectivity index (χ3v) is 4.99. The van der Waals surface area contributed by atoms with Crippen molar-refractivity contribution < 1.29 is 14.3 Å². The summed E-state index contributed by atoms with van der Waals surface area (Å²) in [5.74, 6) is 2.26. The lowest BCUT2D eigenvalue weighted by molar-refractivity contribution is -0.121. The molecule has 156 valence electrons. The molecule has 3 N–H and O–H groups in total. The van der Waals surface area contributed by atoms with E-state index in [2.05, 4.69) is 20.9 Å². The second kappa shape index (κ2) is 12.1. The first-order valence-electron chi connectivity index (χ1n) is 10.1. The van der Waals surface area contributed by atoms with Crippen molar-refractivity contribution in [2.75, 3.05) is 34.4 Å². The van der Waals surface area contributed by atoms with Gasteiger partial charge in [0.05, 0.1) is 14.2 Å². The molecule has 1 amide bonds. The topological polar surface area (TPSA) is 84.0 Å². The highest BCUT2D eigenvalue weighted by molar-refractivity contribution is 5.81. The lowest BCUT2D eigenvalue weighted by atomic mass is 9.95. The Hall–Kier alpha value is -2.44. The van der Waals surface area contributed by atoms with Crippen LogP contribution in [0, 0.1) is 0 Å². The molecule has 0 unspecified atom stereocenters. The fourth-order valence-electron chi connectivity index (χ4n) is 3.42. The van der Waals surface area contributed by atoms with E-state index in [1.807, 2.05) is 18.2 Å². The van der Waals surface area contributed by atoms with Crippen LogP contribution in [0.1, 0.15) is 44.1 Å². The monoisotopic (exact) mass is 390 g/mol. The Balaban J connectivity index is 1.66. The van der Waals surface area contributed by atoms with Gasteiger partial charge in [-0.3, -0.25) is 9.79 Å². The van der Waals surface area contributed by atoms with E-state index in [0.717, 1.165) is 42.9 Å². The van der Waals surface area contributed by atoms with Gasteiger partial charge in [0.25, 0.3) is 0 Å². The molecule has 1 aromatic rings. The van der Waals surface area contributed by atoms with Crippen LogP contribution >= 0.6 is 0 Å². The maximum absolute atomic E-state index is 12.1. The summed E-state index contributed by atoms with van der Waals surface area (Å²) < 4.78 is 10.6. The van der Waals surface area contributed by atoms with Crippen molar-refractivity contribution in [3.05, 3.63) is 23.8 Å². The Morgan fingerprint density at radius 3 is 2.46 bits per heavy atom. The minimum atomic E-state index is 0.111. The first kappa shape index (κ1) is 21.9. The van der Waals surface area contributed by atoms with Crippen molar-refractivity contribution in [2.45, 2.75) is 51.0 Å². The van der Waals surface area contributed by atoms with Crippen LogP contribution in [0.4, 0.5) is 0 Å². The smallest absolute Gasteiger partial charge is 0.221 e. The molecule has 0 radical (unpaired) electrons. The van der Waals surface area contributed by atoms with E-state index in [4.69, 9.17) is 9.47 Å². The molecule has 0 atom stereocenters. The maximum atomic E-state index is 12.1. The van der Waals surface area contributed by atoms with Crippen LogP contribution in [0.3, 0.4) is 0 Å². The zero-order valence-corrected chi connectivity index (χ0v) is 17.3. The summed E-state index contributed by atoms with van der Waals surface area (Å²) in [6.45, 7) is 1.29. The molecule has 7 nitrogen and oxygen atoms in total. The SMILES string of the molecule is CN=C(NCCC(=O)NC1CCCCC1)NCCc1ccc(OC)c(OC)c1. The Morgan fingerprint density at radius 2 is 1.79 bits per heavy atom. The van der Waals surface area contributed by atoms with E-state index >= 15 is 0 Å². The fraction of sp³-hybridized carbons (Fsp3) is 0.619.